The molecule has 6 nitrogen and oxygen atoms in total. The number of hydrogen-bond donors (Lipinski definition) is 0. The first-order chi connectivity index (χ1) is 28.0. The van der Waals surface area contributed by atoms with Crippen molar-refractivity contribution in [2.75, 3.05) is 13.2 Å². The van der Waals surface area contributed by atoms with Crippen molar-refractivity contribution in [1.29, 1.82) is 0 Å². The van der Waals surface area contributed by atoms with E-state index in [1.165, 1.54) is 77.0 Å². The molecule has 0 heterocycles. The van der Waals surface area contributed by atoms with Gasteiger partial charge in [0.25, 0.3) is 0 Å². The second-order valence-electron chi connectivity index (χ2n) is 14.7. The predicted octanol–water partition coefficient (Wildman–Crippen LogP) is 14.6. The topological polar surface area (TPSA) is 78.9 Å². The van der Waals surface area contributed by atoms with Crippen LogP contribution in [0.2, 0.25) is 0 Å². The van der Waals surface area contributed by atoms with Gasteiger partial charge in [0.1, 0.15) is 13.2 Å². The van der Waals surface area contributed by atoms with E-state index in [1.54, 1.807) is 0 Å². The van der Waals surface area contributed by atoms with Crippen molar-refractivity contribution in [2.45, 2.75) is 194 Å². The first-order valence-electron chi connectivity index (χ1n) is 22.8. The van der Waals surface area contributed by atoms with Gasteiger partial charge in [0.15, 0.2) is 6.10 Å². The van der Waals surface area contributed by atoms with Crippen molar-refractivity contribution in [3.8, 4) is 0 Å². The number of unbranched alkanes of at least 4 members (excludes halogenated alkanes) is 17. The summed E-state index contributed by atoms with van der Waals surface area (Å²) in [6.45, 7) is 6.31. The Hall–Kier alpha value is -3.67. The first-order valence-corrected chi connectivity index (χ1v) is 22.8. The zero-order chi connectivity index (χ0) is 41.5. The van der Waals surface area contributed by atoms with Crippen molar-refractivity contribution in [1.82, 2.24) is 0 Å². The standard InChI is InChI=1S/C51H82O6/c1-4-7-10-13-16-19-22-24-25-27-29-32-35-38-41-44-50(53)56-47-48(46-55-49(52)43-40-37-34-31-28-21-18-15-12-9-6-3)57-51(54)45-42-39-36-33-30-26-23-20-17-14-11-8-5-2/h8,11,14-15,17-23,26,28,30,33,36,48H,4-7,9-10,12-13,16,24-25,27,29,31-32,34-35,37-47H2,1-3H3/b11-8-,17-14-,18-15-,22-19-,23-20-,28-21-,30-26-,36-33-. The third-order valence-electron chi connectivity index (χ3n) is 9.20. The summed E-state index contributed by atoms with van der Waals surface area (Å²) in [5.41, 5.74) is 0. The minimum atomic E-state index is -0.825. The molecule has 0 rings (SSSR count). The van der Waals surface area contributed by atoms with Crippen LogP contribution >= 0.6 is 0 Å². The van der Waals surface area contributed by atoms with Gasteiger partial charge >= 0.3 is 17.9 Å². The van der Waals surface area contributed by atoms with Crippen LogP contribution in [0.15, 0.2) is 97.2 Å². The second-order valence-corrected chi connectivity index (χ2v) is 14.7. The summed E-state index contributed by atoms with van der Waals surface area (Å²) in [6.07, 6.45) is 58.3. The molecular formula is C51H82O6. The summed E-state index contributed by atoms with van der Waals surface area (Å²) >= 11 is 0. The highest BCUT2D eigenvalue weighted by atomic mass is 16.6. The molecule has 0 bridgehead atoms. The Labute approximate surface area is 349 Å². The molecule has 0 aliphatic carbocycles. The molecule has 0 radical (unpaired) electrons. The lowest BCUT2D eigenvalue weighted by Gasteiger charge is -2.18. The fraction of sp³-hybridized carbons (Fsp3) is 0.627. The van der Waals surface area contributed by atoms with Crippen LogP contribution in [-0.2, 0) is 28.6 Å². The lowest BCUT2D eigenvalue weighted by Crippen LogP contribution is -2.30. The number of hydrogen-bond acceptors (Lipinski definition) is 6. The molecule has 0 aromatic heterocycles. The second kappa shape index (κ2) is 45.0. The number of rotatable bonds is 39. The summed E-state index contributed by atoms with van der Waals surface area (Å²) in [4.78, 5) is 37.7. The van der Waals surface area contributed by atoms with E-state index >= 15 is 0 Å². The van der Waals surface area contributed by atoms with E-state index in [-0.39, 0.29) is 31.6 Å². The molecule has 0 saturated carbocycles. The fourth-order valence-corrected chi connectivity index (χ4v) is 5.74. The summed E-state index contributed by atoms with van der Waals surface area (Å²) in [5, 5.41) is 0. The maximum absolute atomic E-state index is 12.7. The van der Waals surface area contributed by atoms with Crippen LogP contribution in [0.5, 0.6) is 0 Å². The molecule has 0 N–H and O–H groups in total. The van der Waals surface area contributed by atoms with Crippen LogP contribution in [0.3, 0.4) is 0 Å². The van der Waals surface area contributed by atoms with Gasteiger partial charge in [-0.1, -0.05) is 189 Å². The molecule has 0 aromatic carbocycles. The van der Waals surface area contributed by atoms with Crippen LogP contribution in [0.25, 0.3) is 0 Å². The van der Waals surface area contributed by atoms with E-state index in [1.807, 2.05) is 54.7 Å². The highest BCUT2D eigenvalue weighted by Gasteiger charge is 2.19. The van der Waals surface area contributed by atoms with E-state index in [9.17, 15) is 14.4 Å². The number of carbonyl (C=O) groups excluding carboxylic acids is 3. The fourth-order valence-electron chi connectivity index (χ4n) is 5.74. The summed E-state index contributed by atoms with van der Waals surface area (Å²) < 4.78 is 16.6. The molecule has 0 aliphatic heterocycles. The summed E-state index contributed by atoms with van der Waals surface area (Å²) in [5.74, 6) is -1.04. The first kappa shape index (κ1) is 53.3. The largest absolute Gasteiger partial charge is 0.462 e. The lowest BCUT2D eigenvalue weighted by atomic mass is 10.1. The Balaban J connectivity index is 4.54. The highest BCUT2D eigenvalue weighted by molar-refractivity contribution is 5.71. The molecule has 0 fully saturated rings. The van der Waals surface area contributed by atoms with Crippen molar-refractivity contribution >= 4 is 17.9 Å². The highest BCUT2D eigenvalue weighted by Crippen LogP contribution is 2.12. The number of allylic oxidation sites excluding steroid dienone is 16. The smallest absolute Gasteiger partial charge is 0.306 e. The maximum atomic E-state index is 12.7. The van der Waals surface area contributed by atoms with E-state index in [0.717, 1.165) is 64.2 Å². The SMILES string of the molecule is CC\C=C/C=C\C=C/C=C\C=C/CCCC(=O)OC(COC(=O)CCCCC/C=C\C=C/CCCC)COC(=O)CCCCCCCCC/C=C\CCCCCC. The lowest BCUT2D eigenvalue weighted by molar-refractivity contribution is -0.167. The summed E-state index contributed by atoms with van der Waals surface area (Å²) in [6, 6.07) is 0. The van der Waals surface area contributed by atoms with Gasteiger partial charge in [-0.15, -0.1) is 0 Å². The molecule has 57 heavy (non-hydrogen) atoms. The van der Waals surface area contributed by atoms with Crippen LogP contribution in [-0.4, -0.2) is 37.2 Å². The van der Waals surface area contributed by atoms with Crippen LogP contribution < -0.4 is 0 Å². The van der Waals surface area contributed by atoms with E-state index < -0.39 is 12.1 Å². The average molecular weight is 791 g/mol. The molecule has 1 atom stereocenters. The number of ether oxygens (including phenoxy) is 3. The minimum absolute atomic E-state index is 0.118. The third kappa shape index (κ3) is 43.3. The van der Waals surface area contributed by atoms with Gasteiger partial charge in [0, 0.05) is 19.3 Å². The maximum Gasteiger partial charge on any atom is 0.306 e. The minimum Gasteiger partial charge on any atom is -0.462 e. The predicted molar refractivity (Wildman–Crippen MR) is 242 cm³/mol. The van der Waals surface area contributed by atoms with E-state index in [2.05, 4.69) is 63.3 Å². The molecule has 0 aliphatic rings. The molecule has 322 valence electrons. The van der Waals surface area contributed by atoms with Gasteiger partial charge in [0.2, 0.25) is 0 Å². The van der Waals surface area contributed by atoms with Gasteiger partial charge in [-0.2, -0.15) is 0 Å². The average Bonchev–Trinajstić information content (AvgIpc) is 3.21. The van der Waals surface area contributed by atoms with Gasteiger partial charge < -0.3 is 14.2 Å². The molecule has 6 heteroatoms. The molecule has 0 aromatic rings. The third-order valence-corrected chi connectivity index (χ3v) is 9.20. The Morgan fingerprint density at radius 1 is 0.368 bits per heavy atom. The molecule has 0 saturated heterocycles. The van der Waals surface area contributed by atoms with Crippen molar-refractivity contribution in [3.63, 3.8) is 0 Å². The normalized spacial score (nSPS) is 13.0. The Bertz CT molecular complexity index is 1180. The monoisotopic (exact) mass is 791 g/mol. The Kier molecular flexibility index (Phi) is 42.1. The zero-order valence-electron chi connectivity index (χ0n) is 36.6. The van der Waals surface area contributed by atoms with Crippen LogP contribution in [0.1, 0.15) is 188 Å². The van der Waals surface area contributed by atoms with Crippen molar-refractivity contribution in [3.05, 3.63) is 97.2 Å². The summed E-state index contributed by atoms with van der Waals surface area (Å²) in [7, 11) is 0. The van der Waals surface area contributed by atoms with Gasteiger partial charge in [-0.05, 0) is 77.0 Å². The Morgan fingerprint density at radius 3 is 1.26 bits per heavy atom. The van der Waals surface area contributed by atoms with Crippen LogP contribution in [0, 0.1) is 0 Å². The van der Waals surface area contributed by atoms with Gasteiger partial charge in [-0.3, -0.25) is 14.4 Å². The van der Waals surface area contributed by atoms with Crippen LogP contribution in [0.4, 0.5) is 0 Å². The number of esters is 3. The quantitative estimate of drug-likeness (QED) is 0.0203. The molecule has 0 spiro atoms. The van der Waals surface area contributed by atoms with E-state index in [4.69, 9.17) is 14.2 Å². The van der Waals surface area contributed by atoms with Crippen molar-refractivity contribution in [2.24, 2.45) is 0 Å². The Morgan fingerprint density at radius 2 is 0.737 bits per heavy atom. The van der Waals surface area contributed by atoms with E-state index in [0.29, 0.717) is 19.3 Å². The zero-order valence-corrected chi connectivity index (χ0v) is 36.6. The number of carbonyl (C=O) groups is 3. The molecular weight excluding hydrogens is 709 g/mol. The van der Waals surface area contributed by atoms with Gasteiger partial charge in [0.05, 0.1) is 0 Å². The molecule has 0 amide bonds. The molecule has 1 unspecified atom stereocenters. The van der Waals surface area contributed by atoms with Gasteiger partial charge in [-0.25, -0.2) is 0 Å². The van der Waals surface area contributed by atoms with Crippen molar-refractivity contribution < 1.29 is 28.6 Å².